The highest BCUT2D eigenvalue weighted by atomic mass is 19.4. The molecular weight excluding hydrogens is 481 g/mol. The molecule has 0 atom stereocenters. The van der Waals surface area contributed by atoms with Crippen molar-refractivity contribution in [3.63, 3.8) is 0 Å². The number of aryl methyl sites for hydroxylation is 2. The number of halogens is 3. The molecule has 1 amide bonds. The number of pyridine rings is 1. The van der Waals surface area contributed by atoms with Crippen molar-refractivity contribution >= 4 is 22.8 Å². The van der Waals surface area contributed by atoms with Crippen LogP contribution in [0.4, 0.5) is 23.8 Å². The first kappa shape index (κ1) is 25.3. The lowest BCUT2D eigenvalue weighted by Gasteiger charge is -2.35. The molecule has 2 aliphatic rings. The van der Waals surface area contributed by atoms with Gasteiger partial charge >= 0.3 is 12.3 Å². The van der Waals surface area contributed by atoms with Gasteiger partial charge in [-0.15, -0.1) is 0 Å². The van der Waals surface area contributed by atoms with Gasteiger partial charge in [0.2, 0.25) is 0 Å². The third-order valence-corrected chi connectivity index (χ3v) is 7.14. The molecule has 0 unspecified atom stereocenters. The number of nitrogens with zero attached hydrogens (tertiary/aromatic N) is 3. The van der Waals surface area contributed by atoms with Gasteiger partial charge in [-0.3, -0.25) is 0 Å². The normalized spacial score (nSPS) is 15.8. The highest BCUT2D eigenvalue weighted by Gasteiger charge is 2.32. The van der Waals surface area contributed by atoms with E-state index >= 15 is 0 Å². The van der Waals surface area contributed by atoms with Crippen molar-refractivity contribution in [3.8, 4) is 0 Å². The summed E-state index contributed by atoms with van der Waals surface area (Å²) in [4.78, 5) is 21.0. The SMILES string of the molecule is CCOC(=O)N1CCN(c2nc3cc4c(cc3cc2CNCc2ccccc2C(F)(F)F)CCC4)CC1. The summed E-state index contributed by atoms with van der Waals surface area (Å²) in [5, 5.41) is 4.26. The second-order valence-corrected chi connectivity index (χ2v) is 9.57. The summed E-state index contributed by atoms with van der Waals surface area (Å²) in [6.07, 6.45) is -1.45. The first-order valence-electron chi connectivity index (χ1n) is 12.8. The summed E-state index contributed by atoms with van der Waals surface area (Å²) in [5.74, 6) is 0.811. The zero-order valence-corrected chi connectivity index (χ0v) is 20.9. The molecular formula is C28H31F3N4O2. The fourth-order valence-corrected chi connectivity index (χ4v) is 5.28. The van der Waals surface area contributed by atoms with Crippen LogP contribution in [0.25, 0.3) is 10.9 Å². The van der Waals surface area contributed by atoms with E-state index in [9.17, 15) is 18.0 Å². The monoisotopic (exact) mass is 512 g/mol. The number of piperazine rings is 1. The van der Waals surface area contributed by atoms with Crippen LogP contribution < -0.4 is 10.2 Å². The van der Waals surface area contributed by atoms with Crippen LogP contribution >= 0.6 is 0 Å². The maximum Gasteiger partial charge on any atom is 0.416 e. The zero-order valence-electron chi connectivity index (χ0n) is 20.9. The Morgan fingerprint density at radius 2 is 1.70 bits per heavy atom. The number of ether oxygens (including phenoxy) is 1. The summed E-state index contributed by atoms with van der Waals surface area (Å²) < 4.78 is 45.5. The second-order valence-electron chi connectivity index (χ2n) is 9.57. The molecule has 9 heteroatoms. The summed E-state index contributed by atoms with van der Waals surface area (Å²) in [6, 6.07) is 12.1. The second kappa shape index (κ2) is 10.6. The van der Waals surface area contributed by atoms with Crippen LogP contribution in [-0.4, -0.2) is 48.8 Å². The Kier molecular flexibility index (Phi) is 7.24. The molecule has 0 bridgehead atoms. The zero-order chi connectivity index (χ0) is 26.0. The molecule has 196 valence electrons. The number of alkyl halides is 3. The number of nitrogens with one attached hydrogen (secondary N) is 1. The lowest BCUT2D eigenvalue weighted by molar-refractivity contribution is -0.138. The lowest BCUT2D eigenvalue weighted by atomic mass is 10.0. The first-order valence-corrected chi connectivity index (χ1v) is 12.8. The number of aromatic nitrogens is 1. The summed E-state index contributed by atoms with van der Waals surface area (Å²) in [6.45, 7) is 4.84. The largest absolute Gasteiger partial charge is 0.450 e. The van der Waals surface area contributed by atoms with E-state index in [1.54, 1.807) is 17.9 Å². The van der Waals surface area contributed by atoms with E-state index in [0.717, 1.165) is 47.6 Å². The molecule has 37 heavy (non-hydrogen) atoms. The topological polar surface area (TPSA) is 57.7 Å². The van der Waals surface area contributed by atoms with E-state index < -0.39 is 11.7 Å². The van der Waals surface area contributed by atoms with Crippen molar-refractivity contribution in [2.75, 3.05) is 37.7 Å². The van der Waals surface area contributed by atoms with Gasteiger partial charge in [-0.2, -0.15) is 13.2 Å². The van der Waals surface area contributed by atoms with Crippen molar-refractivity contribution in [2.45, 2.75) is 45.5 Å². The molecule has 5 rings (SSSR count). The van der Waals surface area contributed by atoms with Crippen LogP contribution in [0.1, 0.15) is 41.2 Å². The Bertz CT molecular complexity index is 1290. The van der Waals surface area contributed by atoms with Crippen molar-refractivity contribution < 1.29 is 22.7 Å². The Morgan fingerprint density at radius 1 is 1.00 bits per heavy atom. The van der Waals surface area contributed by atoms with Crippen LogP contribution in [0, 0.1) is 0 Å². The average molecular weight is 513 g/mol. The smallest absolute Gasteiger partial charge is 0.416 e. The van der Waals surface area contributed by atoms with Gasteiger partial charge in [-0.05, 0) is 67.1 Å². The molecule has 1 fully saturated rings. The van der Waals surface area contributed by atoms with Gasteiger partial charge in [-0.25, -0.2) is 9.78 Å². The van der Waals surface area contributed by atoms with E-state index in [1.807, 2.05) is 0 Å². The molecule has 2 heterocycles. The summed E-state index contributed by atoms with van der Waals surface area (Å²) in [7, 11) is 0. The Labute approximate surface area is 214 Å². The lowest BCUT2D eigenvalue weighted by Crippen LogP contribution is -2.49. The minimum atomic E-state index is -4.40. The van der Waals surface area contributed by atoms with Crippen molar-refractivity contribution in [2.24, 2.45) is 0 Å². The van der Waals surface area contributed by atoms with Crippen LogP contribution in [0.5, 0.6) is 0 Å². The van der Waals surface area contributed by atoms with Crippen LogP contribution in [0.2, 0.25) is 0 Å². The van der Waals surface area contributed by atoms with Crippen LogP contribution in [-0.2, 0) is 36.8 Å². The predicted octanol–water partition coefficient (Wildman–Crippen LogP) is 5.31. The predicted molar refractivity (Wildman–Crippen MR) is 137 cm³/mol. The number of hydrogen-bond acceptors (Lipinski definition) is 5. The molecule has 3 aromatic rings. The van der Waals surface area contributed by atoms with Gasteiger partial charge < -0.3 is 19.9 Å². The highest BCUT2D eigenvalue weighted by molar-refractivity contribution is 5.84. The number of rotatable bonds is 6. The minimum absolute atomic E-state index is 0.0913. The van der Waals surface area contributed by atoms with Crippen LogP contribution in [0.15, 0.2) is 42.5 Å². The van der Waals surface area contributed by atoms with Crippen LogP contribution in [0.3, 0.4) is 0 Å². The molecule has 1 aliphatic carbocycles. The molecule has 0 spiro atoms. The standard InChI is InChI=1S/C28H31F3N4O2/c1-2-37-27(36)35-12-10-34(11-13-35)26-23(15-22-14-19-7-5-8-20(19)16-25(22)33-26)18-32-17-21-6-3-4-9-24(21)28(29,30)31/h3-4,6,9,14-16,32H,2,5,7-8,10-13,17-18H2,1H3. The van der Waals surface area contributed by atoms with E-state index in [4.69, 9.17) is 9.72 Å². The molecule has 0 saturated carbocycles. The van der Waals surface area contributed by atoms with Crippen molar-refractivity contribution in [1.29, 1.82) is 0 Å². The van der Waals surface area contributed by atoms with Gasteiger partial charge in [0.1, 0.15) is 5.82 Å². The van der Waals surface area contributed by atoms with Gasteiger partial charge in [0.15, 0.2) is 0 Å². The number of amides is 1. The van der Waals surface area contributed by atoms with Gasteiger partial charge in [0.25, 0.3) is 0 Å². The number of carbonyl (C=O) groups excluding carboxylic acids is 1. The maximum atomic E-state index is 13.4. The molecule has 1 N–H and O–H groups in total. The molecule has 2 aromatic carbocycles. The van der Waals surface area contributed by atoms with E-state index in [2.05, 4.69) is 28.4 Å². The van der Waals surface area contributed by atoms with Gasteiger partial charge in [-0.1, -0.05) is 18.2 Å². The third-order valence-electron chi connectivity index (χ3n) is 7.14. The fourth-order valence-electron chi connectivity index (χ4n) is 5.28. The number of carbonyl (C=O) groups is 1. The van der Waals surface area contributed by atoms with Crippen molar-refractivity contribution in [3.05, 3.63) is 70.3 Å². The number of fused-ring (bicyclic) bond motifs is 2. The molecule has 1 aromatic heterocycles. The van der Waals surface area contributed by atoms with E-state index in [1.165, 1.54) is 23.3 Å². The van der Waals surface area contributed by atoms with E-state index in [-0.39, 0.29) is 18.2 Å². The molecule has 0 radical (unpaired) electrons. The van der Waals surface area contributed by atoms with E-state index in [0.29, 0.717) is 39.3 Å². The van der Waals surface area contributed by atoms with Crippen molar-refractivity contribution in [1.82, 2.24) is 15.2 Å². The van der Waals surface area contributed by atoms with Gasteiger partial charge in [0, 0.05) is 50.2 Å². The third kappa shape index (κ3) is 5.51. The number of benzene rings is 2. The quantitative estimate of drug-likeness (QED) is 0.485. The summed E-state index contributed by atoms with van der Waals surface area (Å²) in [5.41, 5.74) is 4.14. The highest BCUT2D eigenvalue weighted by Crippen LogP contribution is 2.33. The fraction of sp³-hybridized carbons (Fsp3) is 0.429. The molecule has 1 aliphatic heterocycles. The molecule has 6 nitrogen and oxygen atoms in total. The number of hydrogen-bond donors (Lipinski definition) is 1. The molecule has 1 saturated heterocycles. The first-order chi connectivity index (χ1) is 17.8. The summed E-state index contributed by atoms with van der Waals surface area (Å²) >= 11 is 0. The minimum Gasteiger partial charge on any atom is -0.450 e. The number of anilines is 1. The Balaban J connectivity index is 1.40. The Hall–Kier alpha value is -3.33. The van der Waals surface area contributed by atoms with Gasteiger partial charge in [0.05, 0.1) is 17.7 Å². The Morgan fingerprint density at radius 3 is 2.43 bits per heavy atom. The average Bonchev–Trinajstić information content (AvgIpc) is 3.34. The maximum absolute atomic E-state index is 13.4.